The molecule has 0 unspecified atom stereocenters. The zero-order chi connectivity index (χ0) is 18.4. The third-order valence-electron chi connectivity index (χ3n) is 3.89. The number of nitrogens with one attached hydrogen (secondary N) is 1. The molecular formula is C21H19BrClNO2. The molecule has 0 saturated heterocycles. The minimum absolute atomic E-state index is 0.487. The van der Waals surface area contributed by atoms with Gasteiger partial charge < -0.3 is 14.8 Å². The fourth-order valence-corrected chi connectivity index (χ4v) is 2.95. The molecular weight excluding hydrogens is 414 g/mol. The molecule has 134 valence electrons. The molecule has 0 fully saturated rings. The van der Waals surface area contributed by atoms with Crippen molar-refractivity contribution in [3.8, 4) is 11.5 Å². The molecule has 3 aromatic carbocycles. The second-order valence-electron chi connectivity index (χ2n) is 5.73. The molecule has 0 spiro atoms. The first-order valence-electron chi connectivity index (χ1n) is 8.18. The summed E-state index contributed by atoms with van der Waals surface area (Å²) in [6.07, 6.45) is 0. The highest BCUT2D eigenvalue weighted by Crippen LogP contribution is 2.30. The molecule has 0 aliphatic carbocycles. The molecule has 0 atom stereocenters. The molecule has 0 radical (unpaired) electrons. The zero-order valence-electron chi connectivity index (χ0n) is 14.3. The Hall–Kier alpha value is -2.17. The number of ether oxygens (including phenoxy) is 2. The summed E-state index contributed by atoms with van der Waals surface area (Å²) in [4.78, 5) is 0. The van der Waals surface area contributed by atoms with Crippen molar-refractivity contribution < 1.29 is 9.47 Å². The Labute approximate surface area is 167 Å². The van der Waals surface area contributed by atoms with Crippen LogP contribution in [0.2, 0.25) is 5.02 Å². The molecule has 5 heteroatoms. The topological polar surface area (TPSA) is 30.5 Å². The fourth-order valence-electron chi connectivity index (χ4n) is 2.48. The van der Waals surface area contributed by atoms with E-state index < -0.39 is 0 Å². The Morgan fingerprint density at radius 2 is 1.65 bits per heavy atom. The van der Waals surface area contributed by atoms with Crippen LogP contribution >= 0.6 is 27.5 Å². The summed E-state index contributed by atoms with van der Waals surface area (Å²) in [5, 5.41) is 4.03. The lowest BCUT2D eigenvalue weighted by Crippen LogP contribution is -2.02. The number of benzene rings is 3. The molecule has 0 aliphatic rings. The van der Waals surface area contributed by atoms with Crippen LogP contribution in [0.1, 0.15) is 11.1 Å². The summed E-state index contributed by atoms with van der Waals surface area (Å²) in [6.45, 7) is 1.13. The van der Waals surface area contributed by atoms with E-state index in [0.717, 1.165) is 27.0 Å². The molecule has 3 aromatic rings. The average Bonchev–Trinajstić information content (AvgIpc) is 2.67. The lowest BCUT2D eigenvalue weighted by atomic mass is 10.2. The van der Waals surface area contributed by atoms with Crippen LogP contribution in [-0.4, -0.2) is 7.11 Å². The van der Waals surface area contributed by atoms with E-state index in [4.69, 9.17) is 21.1 Å². The summed E-state index contributed by atoms with van der Waals surface area (Å²) in [7, 11) is 1.65. The van der Waals surface area contributed by atoms with Gasteiger partial charge >= 0.3 is 0 Å². The summed E-state index contributed by atoms with van der Waals surface area (Å²) >= 11 is 9.61. The molecule has 0 amide bonds. The SMILES string of the molecule is COc1cc(CNc2ccccc2Cl)ccc1OCc1ccc(Br)cc1. The van der Waals surface area contributed by atoms with E-state index >= 15 is 0 Å². The van der Waals surface area contributed by atoms with Crippen molar-refractivity contribution in [1.82, 2.24) is 0 Å². The number of para-hydroxylation sites is 1. The number of halogens is 2. The Kier molecular flexibility index (Phi) is 6.42. The van der Waals surface area contributed by atoms with E-state index in [1.807, 2.05) is 66.7 Å². The second kappa shape index (κ2) is 8.97. The van der Waals surface area contributed by atoms with Crippen molar-refractivity contribution in [2.45, 2.75) is 13.2 Å². The van der Waals surface area contributed by atoms with Crippen molar-refractivity contribution in [2.75, 3.05) is 12.4 Å². The van der Waals surface area contributed by atoms with Gasteiger partial charge in [-0.15, -0.1) is 0 Å². The molecule has 0 heterocycles. The predicted molar refractivity (Wildman–Crippen MR) is 110 cm³/mol. The van der Waals surface area contributed by atoms with Gasteiger partial charge in [-0.1, -0.05) is 57.9 Å². The Balaban J connectivity index is 1.65. The number of methoxy groups -OCH3 is 1. The third kappa shape index (κ3) is 4.93. The number of hydrogen-bond donors (Lipinski definition) is 1. The third-order valence-corrected chi connectivity index (χ3v) is 4.75. The molecule has 3 rings (SSSR count). The highest BCUT2D eigenvalue weighted by Gasteiger charge is 2.07. The van der Waals surface area contributed by atoms with Crippen LogP contribution < -0.4 is 14.8 Å². The van der Waals surface area contributed by atoms with Crippen LogP contribution in [0.4, 0.5) is 5.69 Å². The van der Waals surface area contributed by atoms with Gasteiger partial charge in [0, 0.05) is 11.0 Å². The number of anilines is 1. The lowest BCUT2D eigenvalue weighted by molar-refractivity contribution is 0.284. The maximum absolute atomic E-state index is 6.17. The van der Waals surface area contributed by atoms with Gasteiger partial charge in [-0.2, -0.15) is 0 Å². The van der Waals surface area contributed by atoms with Gasteiger partial charge in [0.2, 0.25) is 0 Å². The highest BCUT2D eigenvalue weighted by atomic mass is 79.9. The van der Waals surface area contributed by atoms with Crippen LogP contribution in [0.25, 0.3) is 0 Å². The normalized spacial score (nSPS) is 10.4. The molecule has 0 saturated carbocycles. The summed E-state index contributed by atoms with van der Waals surface area (Å²) in [5.41, 5.74) is 3.08. The lowest BCUT2D eigenvalue weighted by Gasteiger charge is -2.13. The molecule has 0 aromatic heterocycles. The van der Waals surface area contributed by atoms with E-state index in [0.29, 0.717) is 23.9 Å². The van der Waals surface area contributed by atoms with Crippen molar-refractivity contribution in [3.05, 3.63) is 87.4 Å². The van der Waals surface area contributed by atoms with Crippen molar-refractivity contribution in [1.29, 1.82) is 0 Å². The first-order chi connectivity index (χ1) is 12.7. The average molecular weight is 433 g/mol. The second-order valence-corrected chi connectivity index (χ2v) is 7.06. The quantitative estimate of drug-likeness (QED) is 0.475. The predicted octanol–water partition coefficient (Wildman–Crippen LogP) is 6.30. The summed E-state index contributed by atoms with van der Waals surface area (Å²) < 4.78 is 12.4. The Morgan fingerprint density at radius 1 is 0.923 bits per heavy atom. The van der Waals surface area contributed by atoms with Crippen LogP contribution in [0, 0.1) is 0 Å². The number of hydrogen-bond acceptors (Lipinski definition) is 3. The molecule has 3 nitrogen and oxygen atoms in total. The zero-order valence-corrected chi connectivity index (χ0v) is 16.7. The minimum Gasteiger partial charge on any atom is -0.493 e. The standard InChI is InChI=1S/C21H19BrClNO2/c1-25-21-12-16(13-24-19-5-3-2-4-18(19)23)8-11-20(21)26-14-15-6-9-17(22)10-7-15/h2-12,24H,13-14H2,1H3. The Bertz CT molecular complexity index is 868. The van der Waals surface area contributed by atoms with E-state index in [1.165, 1.54) is 0 Å². The van der Waals surface area contributed by atoms with Crippen LogP contribution in [0.15, 0.2) is 71.2 Å². The first-order valence-corrected chi connectivity index (χ1v) is 9.35. The van der Waals surface area contributed by atoms with Gasteiger partial charge in [0.1, 0.15) is 6.61 Å². The van der Waals surface area contributed by atoms with Crippen molar-refractivity contribution in [2.24, 2.45) is 0 Å². The van der Waals surface area contributed by atoms with Crippen molar-refractivity contribution >= 4 is 33.2 Å². The molecule has 0 aliphatic heterocycles. The van der Waals surface area contributed by atoms with E-state index in [1.54, 1.807) is 7.11 Å². The summed E-state index contributed by atoms with van der Waals surface area (Å²) in [5.74, 6) is 1.43. The van der Waals surface area contributed by atoms with Gasteiger partial charge in [-0.3, -0.25) is 0 Å². The molecule has 26 heavy (non-hydrogen) atoms. The highest BCUT2D eigenvalue weighted by molar-refractivity contribution is 9.10. The molecule has 0 bridgehead atoms. The van der Waals surface area contributed by atoms with E-state index in [2.05, 4.69) is 21.2 Å². The van der Waals surface area contributed by atoms with Crippen LogP contribution in [-0.2, 0) is 13.2 Å². The van der Waals surface area contributed by atoms with Gasteiger partial charge in [-0.25, -0.2) is 0 Å². The van der Waals surface area contributed by atoms with Gasteiger partial charge in [0.15, 0.2) is 11.5 Å². The van der Waals surface area contributed by atoms with Crippen LogP contribution in [0.5, 0.6) is 11.5 Å². The molecule has 1 N–H and O–H groups in total. The monoisotopic (exact) mass is 431 g/mol. The maximum Gasteiger partial charge on any atom is 0.161 e. The number of rotatable bonds is 7. The van der Waals surface area contributed by atoms with Gasteiger partial charge in [-0.05, 0) is 47.5 Å². The summed E-state index contributed by atoms with van der Waals surface area (Å²) in [6, 6.07) is 21.7. The first kappa shape index (κ1) is 18.6. The van der Waals surface area contributed by atoms with E-state index in [9.17, 15) is 0 Å². The maximum atomic E-state index is 6.17. The van der Waals surface area contributed by atoms with Gasteiger partial charge in [0.25, 0.3) is 0 Å². The minimum atomic E-state index is 0.487. The van der Waals surface area contributed by atoms with E-state index in [-0.39, 0.29) is 0 Å². The van der Waals surface area contributed by atoms with Crippen LogP contribution in [0.3, 0.4) is 0 Å². The fraction of sp³-hybridized carbons (Fsp3) is 0.143. The van der Waals surface area contributed by atoms with Crippen molar-refractivity contribution in [3.63, 3.8) is 0 Å². The largest absolute Gasteiger partial charge is 0.493 e. The smallest absolute Gasteiger partial charge is 0.161 e. The Morgan fingerprint density at radius 3 is 2.38 bits per heavy atom. The van der Waals surface area contributed by atoms with Gasteiger partial charge in [0.05, 0.1) is 17.8 Å².